The van der Waals surface area contributed by atoms with E-state index < -0.39 is 0 Å². The number of rotatable bonds is 3. The first kappa shape index (κ1) is 14.7. The number of nitrogens with zero attached hydrogens (tertiary/aromatic N) is 1. The van der Waals surface area contributed by atoms with Crippen molar-refractivity contribution in [3.63, 3.8) is 0 Å². The molecule has 0 saturated carbocycles. The van der Waals surface area contributed by atoms with E-state index in [-0.39, 0.29) is 11.5 Å². The SMILES string of the molecule is Cc1cc(C(C)(C)C)cc(C)c1CNC(C)C#N. The quantitative estimate of drug-likeness (QED) is 0.881. The maximum atomic E-state index is 8.79. The Morgan fingerprint density at radius 2 is 1.72 bits per heavy atom. The van der Waals surface area contributed by atoms with Gasteiger partial charge < -0.3 is 0 Å². The van der Waals surface area contributed by atoms with Gasteiger partial charge in [-0.1, -0.05) is 32.9 Å². The smallest absolute Gasteiger partial charge is 0.0927 e. The summed E-state index contributed by atoms with van der Waals surface area (Å²) in [7, 11) is 0. The lowest BCUT2D eigenvalue weighted by molar-refractivity contribution is 0.587. The maximum Gasteiger partial charge on any atom is 0.0927 e. The van der Waals surface area contributed by atoms with Crippen molar-refractivity contribution < 1.29 is 0 Å². The lowest BCUT2D eigenvalue weighted by Gasteiger charge is -2.22. The number of hydrogen-bond acceptors (Lipinski definition) is 2. The Morgan fingerprint density at radius 1 is 1.22 bits per heavy atom. The van der Waals surface area contributed by atoms with Gasteiger partial charge in [-0.25, -0.2) is 0 Å². The normalized spacial score (nSPS) is 13.2. The van der Waals surface area contributed by atoms with E-state index in [1.165, 1.54) is 22.3 Å². The average Bonchev–Trinajstić information content (AvgIpc) is 2.26. The van der Waals surface area contributed by atoms with E-state index in [1.54, 1.807) is 0 Å². The van der Waals surface area contributed by atoms with Gasteiger partial charge in [0.2, 0.25) is 0 Å². The third-order valence-electron chi connectivity index (χ3n) is 3.34. The third-order valence-corrected chi connectivity index (χ3v) is 3.34. The minimum Gasteiger partial charge on any atom is -0.298 e. The molecule has 0 radical (unpaired) electrons. The molecule has 0 bridgehead atoms. The highest BCUT2D eigenvalue weighted by molar-refractivity contribution is 5.40. The van der Waals surface area contributed by atoms with Crippen molar-refractivity contribution in [2.45, 2.75) is 59.5 Å². The van der Waals surface area contributed by atoms with Crippen LogP contribution in [-0.4, -0.2) is 6.04 Å². The molecule has 0 heterocycles. The number of aryl methyl sites for hydroxylation is 2. The van der Waals surface area contributed by atoms with Crippen molar-refractivity contribution in [3.8, 4) is 6.07 Å². The highest BCUT2D eigenvalue weighted by atomic mass is 14.9. The zero-order valence-corrected chi connectivity index (χ0v) is 12.4. The number of nitrogens with one attached hydrogen (secondary N) is 1. The Labute approximate surface area is 111 Å². The van der Waals surface area contributed by atoms with Gasteiger partial charge in [-0.15, -0.1) is 0 Å². The molecule has 0 aromatic heterocycles. The second-order valence-electron chi connectivity index (χ2n) is 6.07. The Bertz CT molecular complexity index is 438. The fourth-order valence-electron chi connectivity index (χ4n) is 2.01. The van der Waals surface area contributed by atoms with Crippen molar-refractivity contribution in [1.29, 1.82) is 5.26 Å². The molecule has 2 heteroatoms. The van der Waals surface area contributed by atoms with Gasteiger partial charge in [0, 0.05) is 6.54 Å². The summed E-state index contributed by atoms with van der Waals surface area (Å²) in [6.45, 7) is 13.6. The van der Waals surface area contributed by atoms with Crippen LogP contribution in [-0.2, 0) is 12.0 Å². The van der Waals surface area contributed by atoms with E-state index in [1.807, 2.05) is 6.92 Å². The predicted octanol–water partition coefficient (Wildman–Crippen LogP) is 3.60. The largest absolute Gasteiger partial charge is 0.298 e. The molecule has 2 nitrogen and oxygen atoms in total. The van der Waals surface area contributed by atoms with Crippen LogP contribution in [0.25, 0.3) is 0 Å². The van der Waals surface area contributed by atoms with Crippen LogP contribution in [0.4, 0.5) is 0 Å². The summed E-state index contributed by atoms with van der Waals surface area (Å²) in [6.07, 6.45) is 0. The predicted molar refractivity (Wildman–Crippen MR) is 76.5 cm³/mol. The van der Waals surface area contributed by atoms with Crippen molar-refractivity contribution >= 4 is 0 Å². The van der Waals surface area contributed by atoms with Crippen LogP contribution in [0.15, 0.2) is 12.1 Å². The van der Waals surface area contributed by atoms with Gasteiger partial charge in [-0.3, -0.25) is 5.32 Å². The van der Waals surface area contributed by atoms with E-state index in [0.29, 0.717) is 0 Å². The summed E-state index contributed by atoms with van der Waals surface area (Å²) < 4.78 is 0. The monoisotopic (exact) mass is 244 g/mol. The zero-order valence-electron chi connectivity index (χ0n) is 12.4. The fourth-order valence-corrected chi connectivity index (χ4v) is 2.01. The molecule has 0 amide bonds. The highest BCUT2D eigenvalue weighted by Gasteiger charge is 2.16. The molecular weight excluding hydrogens is 220 g/mol. The van der Waals surface area contributed by atoms with Crippen LogP contribution < -0.4 is 5.32 Å². The maximum absolute atomic E-state index is 8.79. The Morgan fingerprint density at radius 3 is 2.11 bits per heavy atom. The topological polar surface area (TPSA) is 35.8 Å². The fraction of sp³-hybridized carbons (Fsp3) is 0.562. The Kier molecular flexibility index (Phi) is 4.53. The molecule has 0 aliphatic carbocycles. The summed E-state index contributed by atoms with van der Waals surface area (Å²) in [5.41, 5.74) is 5.47. The minimum atomic E-state index is -0.105. The molecule has 0 aliphatic rings. The minimum absolute atomic E-state index is 0.105. The summed E-state index contributed by atoms with van der Waals surface area (Å²) in [4.78, 5) is 0. The molecule has 0 aliphatic heterocycles. The number of hydrogen-bond donors (Lipinski definition) is 1. The summed E-state index contributed by atoms with van der Waals surface area (Å²) in [6, 6.07) is 6.62. The Balaban J connectivity index is 2.99. The molecular formula is C16H24N2. The summed E-state index contributed by atoms with van der Waals surface area (Å²) in [5, 5.41) is 12.0. The first-order valence-corrected chi connectivity index (χ1v) is 6.49. The van der Waals surface area contributed by atoms with Crippen LogP contribution in [0.3, 0.4) is 0 Å². The van der Waals surface area contributed by atoms with E-state index >= 15 is 0 Å². The Hall–Kier alpha value is -1.33. The van der Waals surface area contributed by atoms with Crippen LogP contribution in [0, 0.1) is 25.2 Å². The second-order valence-corrected chi connectivity index (χ2v) is 6.07. The highest BCUT2D eigenvalue weighted by Crippen LogP contribution is 2.26. The van der Waals surface area contributed by atoms with E-state index in [0.717, 1.165) is 6.54 Å². The first-order valence-electron chi connectivity index (χ1n) is 6.49. The van der Waals surface area contributed by atoms with Gasteiger partial charge in [0.25, 0.3) is 0 Å². The lowest BCUT2D eigenvalue weighted by Crippen LogP contribution is -2.24. The third kappa shape index (κ3) is 3.58. The molecule has 1 aromatic rings. The summed E-state index contributed by atoms with van der Waals surface area (Å²) >= 11 is 0. The van der Waals surface area contributed by atoms with E-state index in [2.05, 4.69) is 58.1 Å². The van der Waals surface area contributed by atoms with E-state index in [9.17, 15) is 0 Å². The molecule has 18 heavy (non-hydrogen) atoms. The molecule has 1 rings (SSSR count). The van der Waals surface area contributed by atoms with Gasteiger partial charge >= 0.3 is 0 Å². The molecule has 1 aromatic carbocycles. The number of nitriles is 1. The van der Waals surface area contributed by atoms with Crippen molar-refractivity contribution in [2.75, 3.05) is 0 Å². The van der Waals surface area contributed by atoms with Crippen LogP contribution in [0.1, 0.15) is 49.9 Å². The average molecular weight is 244 g/mol. The molecule has 1 N–H and O–H groups in total. The zero-order chi connectivity index (χ0) is 13.9. The van der Waals surface area contributed by atoms with Gasteiger partial charge in [-0.2, -0.15) is 5.26 Å². The molecule has 0 saturated heterocycles. The van der Waals surface area contributed by atoms with Gasteiger partial charge in [-0.05, 0) is 48.4 Å². The summed E-state index contributed by atoms with van der Waals surface area (Å²) in [5.74, 6) is 0. The van der Waals surface area contributed by atoms with Gasteiger partial charge in [0.1, 0.15) is 0 Å². The molecule has 98 valence electrons. The molecule has 0 fully saturated rings. The van der Waals surface area contributed by atoms with Gasteiger partial charge in [0.05, 0.1) is 12.1 Å². The molecule has 0 spiro atoms. The molecule has 1 unspecified atom stereocenters. The van der Waals surface area contributed by atoms with Crippen molar-refractivity contribution in [3.05, 3.63) is 34.4 Å². The first-order chi connectivity index (χ1) is 8.25. The molecule has 1 atom stereocenters. The van der Waals surface area contributed by atoms with Gasteiger partial charge in [0.15, 0.2) is 0 Å². The van der Waals surface area contributed by atoms with Crippen molar-refractivity contribution in [2.24, 2.45) is 0 Å². The van der Waals surface area contributed by atoms with Crippen LogP contribution in [0.2, 0.25) is 0 Å². The standard InChI is InChI=1S/C16H24N2/c1-11-7-14(16(4,5)6)8-12(2)15(11)10-18-13(3)9-17/h7-8,13,18H,10H2,1-6H3. The van der Waals surface area contributed by atoms with Crippen molar-refractivity contribution in [1.82, 2.24) is 5.32 Å². The lowest BCUT2D eigenvalue weighted by atomic mass is 9.84. The second kappa shape index (κ2) is 5.54. The number of benzene rings is 1. The van der Waals surface area contributed by atoms with E-state index in [4.69, 9.17) is 5.26 Å². The van der Waals surface area contributed by atoms with Crippen LogP contribution >= 0.6 is 0 Å². The van der Waals surface area contributed by atoms with Crippen LogP contribution in [0.5, 0.6) is 0 Å².